The maximum Gasteiger partial charge on any atom is 0.216 e. The van der Waals surface area contributed by atoms with Gasteiger partial charge in [0.2, 0.25) is 4.77 Å². The van der Waals surface area contributed by atoms with E-state index in [0.29, 0.717) is 9.79 Å². The molecule has 2 aromatic rings. The van der Waals surface area contributed by atoms with Gasteiger partial charge in [-0.3, -0.25) is 5.10 Å². The van der Waals surface area contributed by atoms with E-state index in [9.17, 15) is 0 Å². The van der Waals surface area contributed by atoms with Crippen LogP contribution in [-0.2, 0) is 5.41 Å². The highest BCUT2D eigenvalue weighted by Gasteiger charge is 2.53. The van der Waals surface area contributed by atoms with Gasteiger partial charge in [0.05, 0.1) is 6.21 Å². The number of aromatic amines is 1. The van der Waals surface area contributed by atoms with E-state index < -0.39 is 0 Å². The minimum absolute atomic E-state index is 0.153. The Bertz CT molecular complexity index is 862. The van der Waals surface area contributed by atoms with Crippen LogP contribution in [0.5, 0.6) is 0 Å². The van der Waals surface area contributed by atoms with Crippen LogP contribution in [0.25, 0.3) is 0 Å². The zero-order chi connectivity index (χ0) is 17.0. The van der Waals surface area contributed by atoms with E-state index in [0.717, 1.165) is 29.1 Å². The van der Waals surface area contributed by atoms with Gasteiger partial charge in [0, 0.05) is 16.0 Å². The van der Waals surface area contributed by atoms with Crippen molar-refractivity contribution in [2.75, 3.05) is 0 Å². The number of nitrogens with zero attached hydrogens (tertiary/aromatic N) is 3. The third kappa shape index (κ3) is 2.59. The van der Waals surface area contributed by atoms with Gasteiger partial charge in [0.15, 0.2) is 5.82 Å². The van der Waals surface area contributed by atoms with E-state index >= 15 is 0 Å². The highest BCUT2D eigenvalue weighted by Crippen LogP contribution is 2.60. The third-order valence-electron chi connectivity index (χ3n) is 6.38. The molecule has 4 aliphatic rings. The average Bonchev–Trinajstić information content (AvgIpc) is 2.94. The van der Waals surface area contributed by atoms with Crippen LogP contribution in [0, 0.1) is 22.5 Å². The normalized spacial score (nSPS) is 33.4. The molecule has 4 nitrogen and oxygen atoms in total. The second-order valence-corrected chi connectivity index (χ2v) is 8.92. The monoisotopic (exact) mass is 372 g/mol. The van der Waals surface area contributed by atoms with Crippen LogP contribution < -0.4 is 0 Å². The Morgan fingerprint density at radius 2 is 1.80 bits per heavy atom. The predicted octanol–water partition coefficient (Wildman–Crippen LogP) is 4.94. The first-order valence-corrected chi connectivity index (χ1v) is 9.88. The minimum Gasteiger partial charge on any atom is -0.250 e. The summed E-state index contributed by atoms with van der Waals surface area (Å²) in [5.41, 5.74) is 1.05. The highest BCUT2D eigenvalue weighted by atomic mass is 35.5. The van der Waals surface area contributed by atoms with E-state index in [1.165, 1.54) is 38.5 Å². The maximum atomic E-state index is 6.25. The van der Waals surface area contributed by atoms with Gasteiger partial charge in [-0.25, -0.2) is 0 Å². The van der Waals surface area contributed by atoms with Crippen molar-refractivity contribution in [3.63, 3.8) is 0 Å². The minimum atomic E-state index is 0.153. The van der Waals surface area contributed by atoms with Gasteiger partial charge in [-0.2, -0.15) is 14.9 Å². The molecule has 0 aliphatic heterocycles. The van der Waals surface area contributed by atoms with Crippen molar-refractivity contribution in [2.24, 2.45) is 22.9 Å². The Kier molecular flexibility index (Phi) is 3.64. The topological polar surface area (TPSA) is 46.0 Å². The maximum absolute atomic E-state index is 6.25. The first-order valence-electron chi connectivity index (χ1n) is 9.10. The van der Waals surface area contributed by atoms with Crippen molar-refractivity contribution in [1.29, 1.82) is 0 Å². The van der Waals surface area contributed by atoms with Gasteiger partial charge in [-0.1, -0.05) is 29.8 Å². The first kappa shape index (κ1) is 15.8. The van der Waals surface area contributed by atoms with E-state index in [1.54, 1.807) is 6.21 Å². The van der Waals surface area contributed by atoms with E-state index in [4.69, 9.17) is 23.8 Å². The molecule has 6 rings (SSSR count). The fourth-order valence-electron chi connectivity index (χ4n) is 5.83. The molecule has 1 N–H and O–H groups in total. The standard InChI is InChI=1S/C19H21ClN4S/c20-16-4-2-1-3-15(16)11-21-24-17(22-23-18(24)25)19-8-12-5-13(9-19)7-14(6-12)10-19/h1-4,11-14H,5-10H2,(H,23,25)/b21-11+. The molecule has 4 saturated carbocycles. The van der Waals surface area contributed by atoms with Crippen molar-refractivity contribution in [1.82, 2.24) is 14.9 Å². The van der Waals surface area contributed by atoms with Crippen LogP contribution in [0.4, 0.5) is 0 Å². The summed E-state index contributed by atoms with van der Waals surface area (Å²) in [5, 5.41) is 13.0. The number of benzene rings is 1. The molecule has 1 aromatic heterocycles. The molecule has 25 heavy (non-hydrogen) atoms. The Morgan fingerprint density at radius 1 is 1.16 bits per heavy atom. The molecule has 1 aromatic carbocycles. The zero-order valence-electron chi connectivity index (χ0n) is 14.0. The Balaban J connectivity index is 1.54. The number of nitrogens with one attached hydrogen (secondary N) is 1. The van der Waals surface area contributed by atoms with Crippen LogP contribution in [0.3, 0.4) is 0 Å². The fraction of sp³-hybridized carbons (Fsp3) is 0.526. The second-order valence-electron chi connectivity index (χ2n) is 8.13. The molecule has 0 unspecified atom stereocenters. The number of H-pyrrole nitrogens is 1. The number of halogens is 1. The molecular weight excluding hydrogens is 352 g/mol. The molecule has 0 atom stereocenters. The van der Waals surface area contributed by atoms with Gasteiger partial charge in [0.25, 0.3) is 0 Å². The largest absolute Gasteiger partial charge is 0.250 e. The molecule has 4 bridgehead atoms. The molecule has 4 aliphatic carbocycles. The predicted molar refractivity (Wildman–Crippen MR) is 102 cm³/mol. The molecule has 0 radical (unpaired) electrons. The lowest BCUT2D eigenvalue weighted by Gasteiger charge is -2.55. The molecule has 4 fully saturated rings. The van der Waals surface area contributed by atoms with Gasteiger partial charge in [-0.05, 0) is 74.6 Å². The quantitative estimate of drug-likeness (QED) is 0.612. The first-order chi connectivity index (χ1) is 12.1. The van der Waals surface area contributed by atoms with Crippen molar-refractivity contribution >= 4 is 30.0 Å². The summed E-state index contributed by atoms with van der Waals surface area (Å²) in [7, 11) is 0. The fourth-order valence-corrected chi connectivity index (χ4v) is 6.19. The van der Waals surface area contributed by atoms with Crippen molar-refractivity contribution in [3.8, 4) is 0 Å². The van der Waals surface area contributed by atoms with Crippen molar-refractivity contribution in [2.45, 2.75) is 43.9 Å². The molecule has 1 heterocycles. The highest BCUT2D eigenvalue weighted by molar-refractivity contribution is 7.71. The SMILES string of the molecule is S=c1[nH]nc(C23CC4CC(CC(C4)C2)C3)n1/N=C/c1ccccc1Cl. The number of hydrogen-bond donors (Lipinski definition) is 1. The van der Waals surface area contributed by atoms with E-state index in [-0.39, 0.29) is 5.41 Å². The summed E-state index contributed by atoms with van der Waals surface area (Å²) >= 11 is 11.7. The van der Waals surface area contributed by atoms with Crippen molar-refractivity contribution in [3.05, 3.63) is 45.4 Å². The lowest BCUT2D eigenvalue weighted by molar-refractivity contribution is -0.0109. The Morgan fingerprint density at radius 3 is 2.44 bits per heavy atom. The summed E-state index contributed by atoms with van der Waals surface area (Å²) in [6.45, 7) is 0. The van der Waals surface area contributed by atoms with Gasteiger partial charge in [-0.15, -0.1) is 0 Å². The summed E-state index contributed by atoms with van der Waals surface area (Å²) in [5.74, 6) is 3.60. The lowest BCUT2D eigenvalue weighted by atomic mass is 9.49. The van der Waals surface area contributed by atoms with Crippen LogP contribution in [0.1, 0.15) is 49.9 Å². The third-order valence-corrected chi connectivity index (χ3v) is 6.99. The van der Waals surface area contributed by atoms with Crippen LogP contribution in [0.15, 0.2) is 29.4 Å². The van der Waals surface area contributed by atoms with Crippen molar-refractivity contribution < 1.29 is 0 Å². The molecule has 0 spiro atoms. The van der Waals surface area contributed by atoms with Gasteiger partial charge < -0.3 is 0 Å². The number of aromatic nitrogens is 3. The van der Waals surface area contributed by atoms with Crippen LogP contribution >= 0.6 is 23.8 Å². The summed E-state index contributed by atoms with van der Waals surface area (Å²) in [6.07, 6.45) is 9.73. The zero-order valence-corrected chi connectivity index (χ0v) is 15.6. The average molecular weight is 373 g/mol. The molecule has 0 amide bonds. The molecule has 130 valence electrons. The van der Waals surface area contributed by atoms with E-state index in [1.807, 2.05) is 28.9 Å². The second kappa shape index (κ2) is 5.78. The van der Waals surface area contributed by atoms with Gasteiger partial charge >= 0.3 is 0 Å². The molecule has 6 heteroatoms. The smallest absolute Gasteiger partial charge is 0.216 e. The Hall–Kier alpha value is -1.46. The Labute approximate surface area is 157 Å². The van der Waals surface area contributed by atoms with E-state index in [2.05, 4.69) is 15.3 Å². The van der Waals surface area contributed by atoms with Crippen LogP contribution in [0.2, 0.25) is 5.02 Å². The summed E-state index contributed by atoms with van der Waals surface area (Å²) in [4.78, 5) is 0. The summed E-state index contributed by atoms with van der Waals surface area (Å²) < 4.78 is 2.40. The number of rotatable bonds is 3. The molecular formula is C19H21ClN4S. The van der Waals surface area contributed by atoms with Gasteiger partial charge in [0.1, 0.15) is 0 Å². The summed E-state index contributed by atoms with van der Waals surface area (Å²) in [6, 6.07) is 7.71. The lowest BCUT2D eigenvalue weighted by Crippen LogP contribution is -2.49. The number of hydrogen-bond acceptors (Lipinski definition) is 3. The molecule has 0 saturated heterocycles. The van der Waals surface area contributed by atoms with Crippen LogP contribution in [-0.4, -0.2) is 21.1 Å².